The number of carbonyl (C=O) groups excluding carboxylic acids is 1. The summed E-state index contributed by atoms with van der Waals surface area (Å²) in [7, 11) is 0. The summed E-state index contributed by atoms with van der Waals surface area (Å²) in [6, 6.07) is 19.0. The average molecular weight is 428 g/mol. The van der Waals surface area contributed by atoms with Gasteiger partial charge in [-0.15, -0.1) is 10.2 Å². The highest BCUT2D eigenvalue weighted by molar-refractivity contribution is 8.00. The Morgan fingerprint density at radius 2 is 1.73 bits per heavy atom. The van der Waals surface area contributed by atoms with Crippen molar-refractivity contribution in [2.45, 2.75) is 16.6 Å². The number of nitrogens with zero attached hydrogens (tertiary/aromatic N) is 3. The van der Waals surface area contributed by atoms with E-state index in [-0.39, 0.29) is 5.69 Å². The molecule has 1 unspecified atom stereocenters. The fraction of sp³-hybridized carbons (Fsp3) is 0.0952. The highest BCUT2D eigenvalue weighted by Gasteiger charge is 2.31. The minimum atomic E-state index is -4.49. The zero-order valence-corrected chi connectivity index (χ0v) is 16.2. The van der Waals surface area contributed by atoms with Crippen LogP contribution in [-0.4, -0.2) is 20.5 Å². The molecule has 30 heavy (non-hydrogen) atoms. The van der Waals surface area contributed by atoms with E-state index in [1.165, 1.54) is 23.9 Å². The molecule has 0 saturated carbocycles. The number of thioether (sulfide) groups is 1. The van der Waals surface area contributed by atoms with E-state index in [1.54, 1.807) is 40.9 Å². The van der Waals surface area contributed by atoms with Gasteiger partial charge < -0.3 is 5.32 Å². The van der Waals surface area contributed by atoms with Crippen LogP contribution in [0.4, 0.5) is 18.9 Å². The first kappa shape index (κ1) is 20.0. The van der Waals surface area contributed by atoms with Crippen LogP contribution in [0.1, 0.15) is 16.4 Å². The molecule has 4 aromatic rings. The molecule has 5 nitrogen and oxygen atoms in total. The van der Waals surface area contributed by atoms with Gasteiger partial charge in [-0.3, -0.25) is 9.20 Å². The van der Waals surface area contributed by atoms with E-state index in [4.69, 9.17) is 0 Å². The summed E-state index contributed by atoms with van der Waals surface area (Å²) in [5.74, 6) is -0.460. The van der Waals surface area contributed by atoms with Crippen LogP contribution in [0.5, 0.6) is 0 Å². The van der Waals surface area contributed by atoms with Crippen molar-refractivity contribution in [3.8, 4) is 0 Å². The van der Waals surface area contributed by atoms with Crippen molar-refractivity contribution in [3.05, 3.63) is 90.1 Å². The molecule has 0 saturated heterocycles. The number of nitrogens with one attached hydrogen (secondary N) is 1. The van der Waals surface area contributed by atoms with Crippen LogP contribution in [0, 0.1) is 0 Å². The normalized spacial score (nSPS) is 12.6. The first-order valence-corrected chi connectivity index (χ1v) is 9.79. The Hall–Kier alpha value is -3.33. The lowest BCUT2D eigenvalue weighted by atomic mass is 10.1. The highest BCUT2D eigenvalue weighted by atomic mass is 32.2. The predicted octanol–water partition coefficient (Wildman–Crippen LogP) is 5.22. The molecule has 9 heteroatoms. The van der Waals surface area contributed by atoms with Crippen LogP contribution >= 0.6 is 11.8 Å². The van der Waals surface area contributed by atoms with Crippen LogP contribution in [0.2, 0.25) is 0 Å². The van der Waals surface area contributed by atoms with Gasteiger partial charge in [0.1, 0.15) is 5.25 Å². The number of halogens is 3. The van der Waals surface area contributed by atoms with Crippen LogP contribution in [-0.2, 0) is 11.0 Å². The number of aromatic nitrogens is 3. The molecular weight excluding hydrogens is 413 g/mol. The zero-order valence-electron chi connectivity index (χ0n) is 15.4. The standard InChI is InChI=1S/C21H15F3N4OS/c22-21(23,24)15-9-6-10-16(13-15)25-19(29)18(14-7-2-1-3-8-14)30-20-27-26-17-11-4-5-12-28(17)20/h1-13,18H,(H,25,29). The van der Waals surface area contributed by atoms with Gasteiger partial charge in [0.25, 0.3) is 0 Å². The molecule has 0 aliphatic rings. The van der Waals surface area contributed by atoms with Crippen molar-refractivity contribution >= 4 is 29.0 Å². The molecule has 4 rings (SSSR count). The number of fused-ring (bicyclic) bond motifs is 1. The third-order valence-corrected chi connectivity index (χ3v) is 5.51. The summed E-state index contributed by atoms with van der Waals surface area (Å²) >= 11 is 1.17. The molecule has 152 valence electrons. The Kier molecular flexibility index (Phi) is 5.45. The van der Waals surface area contributed by atoms with Gasteiger partial charge in [-0.05, 0) is 35.9 Å². The quantitative estimate of drug-likeness (QED) is 0.443. The first-order valence-electron chi connectivity index (χ1n) is 8.91. The van der Waals surface area contributed by atoms with Crippen molar-refractivity contribution in [2.24, 2.45) is 0 Å². The summed E-state index contributed by atoms with van der Waals surface area (Å²) in [5, 5.41) is 10.6. The third-order valence-electron chi connectivity index (χ3n) is 4.30. The zero-order chi connectivity index (χ0) is 21.1. The maximum atomic E-state index is 13.1. The van der Waals surface area contributed by atoms with Crippen molar-refractivity contribution in [1.29, 1.82) is 0 Å². The number of benzene rings is 2. The smallest absolute Gasteiger partial charge is 0.325 e. The maximum absolute atomic E-state index is 13.1. The molecular formula is C21H15F3N4OS. The van der Waals surface area contributed by atoms with Gasteiger partial charge in [0.15, 0.2) is 10.8 Å². The molecule has 2 aromatic carbocycles. The van der Waals surface area contributed by atoms with E-state index >= 15 is 0 Å². The highest BCUT2D eigenvalue weighted by Crippen LogP contribution is 2.36. The number of hydrogen-bond acceptors (Lipinski definition) is 4. The Bertz CT molecular complexity index is 1180. The molecule has 2 aromatic heterocycles. The monoisotopic (exact) mass is 428 g/mol. The minimum absolute atomic E-state index is 0.0717. The lowest BCUT2D eigenvalue weighted by molar-refractivity contribution is -0.137. The minimum Gasteiger partial charge on any atom is -0.325 e. The molecule has 1 atom stereocenters. The number of anilines is 1. The number of alkyl halides is 3. The van der Waals surface area contributed by atoms with Crippen molar-refractivity contribution in [2.75, 3.05) is 5.32 Å². The molecule has 0 fully saturated rings. The van der Waals surface area contributed by atoms with Crippen LogP contribution in [0.3, 0.4) is 0 Å². The molecule has 1 amide bonds. The molecule has 0 bridgehead atoms. The SMILES string of the molecule is O=C(Nc1cccc(C(F)(F)F)c1)C(Sc1nnc2ccccn12)c1ccccc1. The summed E-state index contributed by atoms with van der Waals surface area (Å²) in [6.07, 6.45) is -2.71. The lowest BCUT2D eigenvalue weighted by Crippen LogP contribution is -2.19. The van der Waals surface area contributed by atoms with E-state index in [2.05, 4.69) is 15.5 Å². The molecule has 0 aliphatic heterocycles. The van der Waals surface area contributed by atoms with Crippen LogP contribution < -0.4 is 5.32 Å². The number of hydrogen-bond donors (Lipinski definition) is 1. The number of rotatable bonds is 5. The van der Waals surface area contributed by atoms with E-state index < -0.39 is 22.9 Å². The van der Waals surface area contributed by atoms with Gasteiger partial charge in [0, 0.05) is 11.9 Å². The van der Waals surface area contributed by atoms with E-state index in [0.29, 0.717) is 16.4 Å². The maximum Gasteiger partial charge on any atom is 0.416 e. The first-order chi connectivity index (χ1) is 14.4. The second kappa shape index (κ2) is 8.19. The fourth-order valence-electron chi connectivity index (χ4n) is 2.89. The second-order valence-electron chi connectivity index (χ2n) is 6.39. The summed E-state index contributed by atoms with van der Waals surface area (Å²) in [4.78, 5) is 13.1. The Balaban J connectivity index is 1.64. The third kappa shape index (κ3) is 4.30. The van der Waals surface area contributed by atoms with E-state index in [9.17, 15) is 18.0 Å². The Morgan fingerprint density at radius 3 is 2.50 bits per heavy atom. The molecule has 2 heterocycles. The number of pyridine rings is 1. The average Bonchev–Trinajstić information content (AvgIpc) is 3.15. The van der Waals surface area contributed by atoms with Crippen molar-refractivity contribution in [1.82, 2.24) is 14.6 Å². The topological polar surface area (TPSA) is 59.3 Å². The van der Waals surface area contributed by atoms with Crippen LogP contribution in [0.25, 0.3) is 5.65 Å². The second-order valence-corrected chi connectivity index (χ2v) is 7.46. The Labute approximate surface area is 173 Å². The van der Waals surface area contributed by atoms with Crippen molar-refractivity contribution in [3.63, 3.8) is 0 Å². The van der Waals surface area contributed by atoms with Gasteiger partial charge in [-0.2, -0.15) is 13.2 Å². The molecule has 0 spiro atoms. The van der Waals surface area contributed by atoms with Gasteiger partial charge in [0.2, 0.25) is 5.91 Å². The molecule has 0 aliphatic carbocycles. The molecule has 0 radical (unpaired) electrons. The van der Waals surface area contributed by atoms with Gasteiger partial charge >= 0.3 is 6.18 Å². The van der Waals surface area contributed by atoms with Crippen molar-refractivity contribution < 1.29 is 18.0 Å². The van der Waals surface area contributed by atoms with Crippen LogP contribution in [0.15, 0.2) is 84.1 Å². The number of carbonyl (C=O) groups is 1. The van der Waals surface area contributed by atoms with Gasteiger partial charge in [0.05, 0.1) is 5.56 Å². The van der Waals surface area contributed by atoms with E-state index in [0.717, 1.165) is 12.1 Å². The lowest BCUT2D eigenvalue weighted by Gasteiger charge is -2.17. The largest absolute Gasteiger partial charge is 0.416 e. The molecule has 1 N–H and O–H groups in total. The van der Waals surface area contributed by atoms with Gasteiger partial charge in [-0.25, -0.2) is 0 Å². The summed E-state index contributed by atoms with van der Waals surface area (Å²) in [6.45, 7) is 0. The fourth-order valence-corrected chi connectivity index (χ4v) is 3.91. The summed E-state index contributed by atoms with van der Waals surface area (Å²) in [5.41, 5.74) is 0.569. The Morgan fingerprint density at radius 1 is 0.967 bits per heavy atom. The van der Waals surface area contributed by atoms with Gasteiger partial charge in [-0.1, -0.05) is 54.2 Å². The predicted molar refractivity (Wildman–Crippen MR) is 108 cm³/mol. The summed E-state index contributed by atoms with van der Waals surface area (Å²) < 4.78 is 40.7. The van der Waals surface area contributed by atoms with E-state index in [1.807, 2.05) is 18.2 Å². The number of amides is 1.